The van der Waals surface area contributed by atoms with Gasteiger partial charge in [-0.1, -0.05) is 23.7 Å². The lowest BCUT2D eigenvalue weighted by molar-refractivity contribution is -0.0153. The summed E-state index contributed by atoms with van der Waals surface area (Å²) in [5.41, 5.74) is 3.20. The zero-order valence-electron chi connectivity index (χ0n) is 24.9. The minimum atomic E-state index is -1.01. The second kappa shape index (κ2) is 13.3. The number of amides is 2. The molecule has 3 aromatic heterocycles. The number of carboxylic acid groups (broad SMARTS) is 1. The zero-order valence-corrected chi connectivity index (χ0v) is 25.7. The van der Waals surface area contributed by atoms with Crippen LogP contribution in [0, 0.1) is 12.8 Å². The van der Waals surface area contributed by atoms with Crippen LogP contribution in [0.1, 0.15) is 41.7 Å². The maximum atomic E-state index is 13.8. The number of nitrogens with zero attached hydrogens (tertiary/aromatic N) is 5. The van der Waals surface area contributed by atoms with E-state index < -0.39 is 12.1 Å². The summed E-state index contributed by atoms with van der Waals surface area (Å²) in [6.07, 6.45) is 5.51. The van der Waals surface area contributed by atoms with Gasteiger partial charge < -0.3 is 19.9 Å². The molecule has 6 rings (SSSR count). The number of carbonyl (C=O) groups is 2. The molecule has 4 aromatic rings. The lowest BCUT2D eigenvalue weighted by Crippen LogP contribution is -2.50. The van der Waals surface area contributed by atoms with Crippen LogP contribution >= 0.6 is 11.6 Å². The molecule has 0 radical (unpaired) electrons. The van der Waals surface area contributed by atoms with Crippen LogP contribution in [0.3, 0.4) is 0 Å². The molecule has 0 bridgehead atoms. The SMILES string of the molecule is Cc1ncc(Cl)cc1C(=O)NC1CCC(Cn2c(=O)n(-c3ccc(OC[C@@H]4COCCN4C(=O)O)nc3)c3ccccc32)CC1. The number of rotatable bonds is 8. The van der Waals surface area contributed by atoms with Crippen molar-refractivity contribution >= 4 is 34.6 Å². The molecular weight excluding hydrogens is 600 g/mol. The van der Waals surface area contributed by atoms with Gasteiger partial charge in [-0.25, -0.2) is 14.6 Å². The number of benzene rings is 1. The number of para-hydroxylation sites is 2. The highest BCUT2D eigenvalue weighted by Gasteiger charge is 2.28. The molecule has 0 unspecified atom stereocenters. The van der Waals surface area contributed by atoms with Crippen LogP contribution in [0.2, 0.25) is 5.02 Å². The predicted molar refractivity (Wildman–Crippen MR) is 167 cm³/mol. The molecule has 2 aliphatic rings. The third kappa shape index (κ3) is 6.66. The van der Waals surface area contributed by atoms with E-state index in [0.717, 1.165) is 36.7 Å². The van der Waals surface area contributed by atoms with E-state index in [2.05, 4.69) is 15.3 Å². The molecule has 236 valence electrons. The van der Waals surface area contributed by atoms with Crippen molar-refractivity contribution in [2.75, 3.05) is 26.4 Å². The summed E-state index contributed by atoms with van der Waals surface area (Å²) in [5, 5.41) is 13.0. The Hall–Kier alpha value is -4.42. The minimum absolute atomic E-state index is 0.0508. The normalized spacial score (nSPS) is 20.2. The summed E-state index contributed by atoms with van der Waals surface area (Å²) in [4.78, 5) is 48.1. The second-order valence-corrected chi connectivity index (χ2v) is 12.0. The van der Waals surface area contributed by atoms with Gasteiger partial charge in [-0.3, -0.25) is 23.8 Å². The molecule has 1 saturated carbocycles. The molecule has 2 amide bonds. The molecular formula is C32H35ClN6O6. The van der Waals surface area contributed by atoms with Crippen molar-refractivity contribution in [3.63, 3.8) is 0 Å². The van der Waals surface area contributed by atoms with Crippen LogP contribution in [0.4, 0.5) is 4.79 Å². The quantitative estimate of drug-likeness (QED) is 0.293. The average Bonchev–Trinajstić information content (AvgIpc) is 3.33. The first kappa shape index (κ1) is 30.6. The smallest absolute Gasteiger partial charge is 0.407 e. The number of carbonyl (C=O) groups excluding carboxylic acids is 1. The highest BCUT2D eigenvalue weighted by molar-refractivity contribution is 6.30. The number of ether oxygens (including phenoxy) is 2. The van der Waals surface area contributed by atoms with Crippen molar-refractivity contribution in [2.24, 2.45) is 5.92 Å². The Labute approximate surface area is 264 Å². The number of hydrogen-bond donors (Lipinski definition) is 2. The second-order valence-electron chi connectivity index (χ2n) is 11.6. The van der Waals surface area contributed by atoms with Gasteiger partial charge in [0.1, 0.15) is 6.61 Å². The number of halogens is 1. The third-order valence-electron chi connectivity index (χ3n) is 8.63. The van der Waals surface area contributed by atoms with Crippen LogP contribution < -0.4 is 15.7 Å². The Morgan fingerprint density at radius 3 is 2.60 bits per heavy atom. The van der Waals surface area contributed by atoms with Crippen LogP contribution in [-0.2, 0) is 11.3 Å². The van der Waals surface area contributed by atoms with Crippen LogP contribution in [0.15, 0.2) is 59.7 Å². The molecule has 45 heavy (non-hydrogen) atoms. The molecule has 1 aliphatic carbocycles. The maximum Gasteiger partial charge on any atom is 0.407 e. The first-order valence-electron chi connectivity index (χ1n) is 15.1. The number of imidazole rings is 1. The number of nitrogens with one attached hydrogen (secondary N) is 1. The van der Waals surface area contributed by atoms with E-state index >= 15 is 0 Å². The van der Waals surface area contributed by atoms with E-state index in [1.54, 1.807) is 35.9 Å². The molecule has 13 heteroatoms. The molecule has 1 aliphatic heterocycles. The van der Waals surface area contributed by atoms with Crippen LogP contribution in [0.5, 0.6) is 5.88 Å². The number of pyridine rings is 2. The number of fused-ring (bicyclic) bond motifs is 1. The van der Waals surface area contributed by atoms with Gasteiger partial charge in [0.2, 0.25) is 5.88 Å². The number of aryl methyl sites for hydroxylation is 1. The molecule has 2 N–H and O–H groups in total. The van der Waals surface area contributed by atoms with E-state index in [-0.39, 0.29) is 36.8 Å². The number of aromatic nitrogens is 4. The fourth-order valence-corrected chi connectivity index (χ4v) is 6.36. The Morgan fingerprint density at radius 1 is 1.09 bits per heavy atom. The minimum Gasteiger partial charge on any atom is -0.475 e. The summed E-state index contributed by atoms with van der Waals surface area (Å²) < 4.78 is 14.7. The van der Waals surface area contributed by atoms with Crippen molar-refractivity contribution in [1.82, 2.24) is 29.3 Å². The fraction of sp³-hybridized carbons (Fsp3) is 0.406. The molecule has 0 spiro atoms. The monoisotopic (exact) mass is 634 g/mol. The van der Waals surface area contributed by atoms with Crippen LogP contribution in [0.25, 0.3) is 16.7 Å². The average molecular weight is 635 g/mol. The Kier molecular flexibility index (Phi) is 9.04. The van der Waals surface area contributed by atoms with Gasteiger partial charge >= 0.3 is 11.8 Å². The van der Waals surface area contributed by atoms with Crippen molar-refractivity contribution in [1.29, 1.82) is 0 Å². The molecule has 4 heterocycles. The summed E-state index contributed by atoms with van der Waals surface area (Å²) in [6, 6.07) is 12.4. The van der Waals surface area contributed by atoms with Gasteiger partial charge in [-0.2, -0.15) is 0 Å². The van der Waals surface area contributed by atoms with Gasteiger partial charge in [0.05, 0.1) is 58.5 Å². The van der Waals surface area contributed by atoms with E-state index in [1.807, 2.05) is 28.8 Å². The maximum absolute atomic E-state index is 13.8. The number of hydrogen-bond acceptors (Lipinski definition) is 7. The van der Waals surface area contributed by atoms with Crippen molar-refractivity contribution in [3.8, 4) is 11.6 Å². The Morgan fingerprint density at radius 2 is 1.87 bits per heavy atom. The topological polar surface area (TPSA) is 141 Å². The number of morpholine rings is 1. The van der Waals surface area contributed by atoms with Crippen molar-refractivity contribution < 1.29 is 24.2 Å². The van der Waals surface area contributed by atoms with E-state index in [4.69, 9.17) is 21.1 Å². The Bertz CT molecular complexity index is 1750. The third-order valence-corrected chi connectivity index (χ3v) is 8.84. The van der Waals surface area contributed by atoms with Gasteiger partial charge in [-0.15, -0.1) is 0 Å². The summed E-state index contributed by atoms with van der Waals surface area (Å²) in [7, 11) is 0. The van der Waals surface area contributed by atoms with E-state index in [0.29, 0.717) is 47.5 Å². The first-order valence-corrected chi connectivity index (χ1v) is 15.5. The molecule has 1 aromatic carbocycles. The predicted octanol–water partition coefficient (Wildman–Crippen LogP) is 4.29. The lowest BCUT2D eigenvalue weighted by Gasteiger charge is -2.32. The van der Waals surface area contributed by atoms with E-state index in [9.17, 15) is 19.5 Å². The van der Waals surface area contributed by atoms with Crippen LogP contribution in [-0.4, -0.2) is 79.6 Å². The fourth-order valence-electron chi connectivity index (χ4n) is 6.20. The summed E-state index contributed by atoms with van der Waals surface area (Å²) in [6.45, 7) is 3.39. The van der Waals surface area contributed by atoms with Crippen molar-refractivity contribution in [2.45, 2.75) is 51.2 Å². The summed E-state index contributed by atoms with van der Waals surface area (Å²) >= 11 is 6.05. The molecule has 1 atom stereocenters. The van der Waals surface area contributed by atoms with Gasteiger partial charge in [-0.05, 0) is 62.8 Å². The highest BCUT2D eigenvalue weighted by Crippen LogP contribution is 2.28. The first-order chi connectivity index (χ1) is 21.8. The molecule has 1 saturated heterocycles. The molecule has 2 fully saturated rings. The van der Waals surface area contributed by atoms with Gasteiger partial charge in [0.25, 0.3) is 5.91 Å². The largest absolute Gasteiger partial charge is 0.475 e. The van der Waals surface area contributed by atoms with Gasteiger partial charge in [0, 0.05) is 31.4 Å². The zero-order chi connectivity index (χ0) is 31.5. The lowest BCUT2D eigenvalue weighted by atomic mass is 9.85. The summed E-state index contributed by atoms with van der Waals surface area (Å²) in [5.74, 6) is 0.449. The van der Waals surface area contributed by atoms with Crippen molar-refractivity contribution in [3.05, 3.63) is 81.6 Å². The highest BCUT2D eigenvalue weighted by atomic mass is 35.5. The standard InChI is InChI=1S/C32H35ClN6O6/c1-20-26(14-22(33)15-34-20)30(40)36-23-8-6-21(7-9-23)17-38-27-4-2-3-5-28(27)39(31(38)41)24-10-11-29(35-16-24)45-19-25-18-44-13-12-37(25)32(42)43/h2-5,10-11,14-16,21,23,25H,6-9,12-13,17-19H2,1H3,(H,36,40)(H,42,43)/t21?,23?,25-/m0/s1. The Balaban J connectivity index is 1.12. The van der Waals surface area contributed by atoms with Gasteiger partial charge in [0.15, 0.2) is 0 Å². The molecule has 12 nitrogen and oxygen atoms in total. The van der Waals surface area contributed by atoms with E-state index in [1.165, 1.54) is 11.1 Å².